The summed E-state index contributed by atoms with van der Waals surface area (Å²) < 4.78 is 12.7. The van der Waals surface area contributed by atoms with Crippen molar-refractivity contribution in [1.29, 1.82) is 5.26 Å². The molecular weight excluding hydrogens is 416 g/mol. The summed E-state index contributed by atoms with van der Waals surface area (Å²) in [6, 6.07) is 5.44. The Hall–Kier alpha value is -2.60. The highest BCUT2D eigenvalue weighted by Gasteiger charge is 2.36. The monoisotopic (exact) mass is 436 g/mol. The zero-order valence-electron chi connectivity index (χ0n) is 16.0. The highest BCUT2D eigenvalue weighted by molar-refractivity contribution is 9.10. The van der Waals surface area contributed by atoms with Crippen molar-refractivity contribution < 1.29 is 19.1 Å². The van der Waals surface area contributed by atoms with Crippen LogP contribution in [0.3, 0.4) is 0 Å². The highest BCUT2D eigenvalue weighted by atomic mass is 79.9. The predicted octanol–water partition coefficient (Wildman–Crippen LogP) is 4.65. The van der Waals surface area contributed by atoms with Crippen LogP contribution in [0.25, 0.3) is 5.52 Å². The first kappa shape index (κ1) is 20.7. The molecule has 0 spiro atoms. The van der Waals surface area contributed by atoms with Crippen LogP contribution in [0.15, 0.2) is 22.8 Å². The van der Waals surface area contributed by atoms with E-state index >= 15 is 0 Å². The van der Waals surface area contributed by atoms with E-state index in [4.69, 9.17) is 9.47 Å². The number of fused-ring (bicyclic) bond motifs is 1. The van der Waals surface area contributed by atoms with Gasteiger partial charge < -0.3 is 9.47 Å². The van der Waals surface area contributed by atoms with Crippen molar-refractivity contribution in [2.75, 3.05) is 4.90 Å². The van der Waals surface area contributed by atoms with Crippen LogP contribution in [0.2, 0.25) is 0 Å². The first-order chi connectivity index (χ1) is 12.3. The Kier molecular flexibility index (Phi) is 5.52. The Morgan fingerprint density at radius 1 is 1.15 bits per heavy atom. The van der Waals surface area contributed by atoms with Gasteiger partial charge in [0.1, 0.15) is 28.4 Å². The molecule has 0 atom stereocenters. The summed E-state index contributed by atoms with van der Waals surface area (Å²) >= 11 is 3.36. The zero-order valence-corrected chi connectivity index (χ0v) is 17.6. The van der Waals surface area contributed by atoms with Gasteiger partial charge in [-0.3, -0.25) is 0 Å². The molecule has 0 unspecified atom stereocenters. The van der Waals surface area contributed by atoms with E-state index < -0.39 is 23.4 Å². The van der Waals surface area contributed by atoms with E-state index in [0.717, 1.165) is 0 Å². The lowest BCUT2D eigenvalue weighted by molar-refractivity contribution is 0.0429. The van der Waals surface area contributed by atoms with Crippen LogP contribution in [0.1, 0.15) is 47.1 Å². The Balaban J connectivity index is 2.65. The fourth-order valence-corrected chi connectivity index (χ4v) is 2.70. The van der Waals surface area contributed by atoms with E-state index in [1.54, 1.807) is 59.9 Å². The number of carbonyl (C=O) groups is 2. The van der Waals surface area contributed by atoms with Gasteiger partial charge in [0.15, 0.2) is 5.82 Å². The van der Waals surface area contributed by atoms with Crippen LogP contribution < -0.4 is 4.90 Å². The van der Waals surface area contributed by atoms with Crippen molar-refractivity contribution in [2.45, 2.75) is 52.7 Å². The Morgan fingerprint density at radius 3 is 2.11 bits per heavy atom. The molecule has 0 aliphatic heterocycles. The van der Waals surface area contributed by atoms with Crippen LogP contribution in [0.4, 0.5) is 15.4 Å². The average Bonchev–Trinajstić information content (AvgIpc) is 2.82. The quantitative estimate of drug-likeness (QED) is 0.645. The van der Waals surface area contributed by atoms with Crippen LogP contribution in [0.5, 0.6) is 0 Å². The molecular formula is C18H21BrN4O4. The number of halogens is 1. The van der Waals surface area contributed by atoms with Crippen LogP contribution in [-0.4, -0.2) is 33.0 Å². The lowest BCUT2D eigenvalue weighted by atomic mass is 10.2. The molecule has 2 rings (SSSR count). The van der Waals surface area contributed by atoms with Gasteiger partial charge in [0.2, 0.25) is 0 Å². The third-order valence-electron chi connectivity index (χ3n) is 3.06. The summed E-state index contributed by atoms with van der Waals surface area (Å²) in [4.78, 5) is 26.1. The Morgan fingerprint density at radius 2 is 1.67 bits per heavy atom. The summed E-state index contributed by atoms with van der Waals surface area (Å²) in [5, 5.41) is 13.9. The molecule has 2 heterocycles. The second-order valence-corrected chi connectivity index (χ2v) is 8.61. The molecule has 2 aromatic heterocycles. The number of rotatable bonds is 1. The third-order valence-corrected chi connectivity index (χ3v) is 3.70. The standard InChI is InChI=1S/C18H21BrN4O4/c1-17(2,3)26-15(24)23(16(25)27-18(4,5)6)14-11(10-20)13-12(19)8-7-9-22(13)21-14/h7-9H,1-6H3. The molecule has 2 aromatic rings. The first-order valence-corrected chi connectivity index (χ1v) is 8.96. The molecule has 0 saturated carbocycles. The largest absolute Gasteiger partial charge is 0.443 e. The molecule has 144 valence electrons. The molecule has 9 heteroatoms. The van der Waals surface area contributed by atoms with Gasteiger partial charge in [-0.15, -0.1) is 5.10 Å². The smallest absolute Gasteiger partial charge is 0.425 e. The number of imide groups is 1. The van der Waals surface area contributed by atoms with Crippen molar-refractivity contribution in [3.8, 4) is 6.07 Å². The number of carbonyl (C=O) groups excluding carboxylic acids is 2. The highest BCUT2D eigenvalue weighted by Crippen LogP contribution is 2.30. The van der Waals surface area contributed by atoms with E-state index in [2.05, 4.69) is 21.0 Å². The molecule has 8 nitrogen and oxygen atoms in total. The number of ether oxygens (including phenoxy) is 2. The molecule has 0 N–H and O–H groups in total. The predicted molar refractivity (Wildman–Crippen MR) is 103 cm³/mol. The summed E-state index contributed by atoms with van der Waals surface area (Å²) in [7, 11) is 0. The second-order valence-electron chi connectivity index (χ2n) is 7.76. The summed E-state index contributed by atoms with van der Waals surface area (Å²) in [6.45, 7) is 10.0. The number of hydrogen-bond acceptors (Lipinski definition) is 6. The number of nitrogens with zero attached hydrogens (tertiary/aromatic N) is 4. The average molecular weight is 437 g/mol. The number of hydrogen-bond donors (Lipinski definition) is 0. The SMILES string of the molecule is CC(C)(C)OC(=O)N(C(=O)OC(C)(C)C)c1nn2cccc(Br)c2c1C#N. The summed E-state index contributed by atoms with van der Waals surface area (Å²) in [5.74, 6) is -0.159. The number of pyridine rings is 1. The maximum atomic E-state index is 12.7. The van der Waals surface area contributed by atoms with Gasteiger partial charge >= 0.3 is 12.2 Å². The topological polar surface area (TPSA) is 96.9 Å². The molecule has 2 amide bonds. The van der Waals surface area contributed by atoms with E-state index in [1.165, 1.54) is 4.52 Å². The maximum absolute atomic E-state index is 12.7. The van der Waals surface area contributed by atoms with E-state index in [1.807, 2.05) is 6.07 Å². The van der Waals surface area contributed by atoms with E-state index in [-0.39, 0.29) is 11.4 Å². The number of aromatic nitrogens is 2. The molecule has 0 fully saturated rings. The van der Waals surface area contributed by atoms with Crippen molar-refractivity contribution in [2.24, 2.45) is 0 Å². The van der Waals surface area contributed by atoms with Crippen molar-refractivity contribution in [1.82, 2.24) is 9.61 Å². The molecule has 0 saturated heterocycles. The minimum Gasteiger partial charge on any atom is -0.443 e. The van der Waals surface area contributed by atoms with Crippen molar-refractivity contribution in [3.63, 3.8) is 0 Å². The van der Waals surface area contributed by atoms with Gasteiger partial charge in [-0.05, 0) is 69.6 Å². The maximum Gasteiger partial charge on any atom is 0.425 e. The lowest BCUT2D eigenvalue weighted by Crippen LogP contribution is -2.44. The van der Waals surface area contributed by atoms with Crippen LogP contribution in [0, 0.1) is 11.3 Å². The number of amides is 2. The molecule has 0 aromatic carbocycles. The van der Waals surface area contributed by atoms with Gasteiger partial charge in [0.25, 0.3) is 0 Å². The van der Waals surface area contributed by atoms with Gasteiger partial charge in [-0.1, -0.05) is 0 Å². The van der Waals surface area contributed by atoms with Crippen molar-refractivity contribution >= 4 is 39.5 Å². The summed E-state index contributed by atoms with van der Waals surface area (Å²) in [6.07, 6.45) is -0.354. The van der Waals surface area contributed by atoms with Gasteiger partial charge in [0.05, 0.1) is 0 Å². The van der Waals surface area contributed by atoms with Gasteiger partial charge in [-0.25, -0.2) is 14.1 Å². The van der Waals surface area contributed by atoms with Crippen LogP contribution in [-0.2, 0) is 9.47 Å². The lowest BCUT2D eigenvalue weighted by Gasteiger charge is -2.27. The van der Waals surface area contributed by atoms with E-state index in [9.17, 15) is 14.9 Å². The minimum absolute atomic E-state index is 0.0409. The third kappa shape index (κ3) is 4.77. The second kappa shape index (κ2) is 7.19. The molecule has 0 aliphatic carbocycles. The Bertz CT molecular complexity index is 904. The van der Waals surface area contributed by atoms with Crippen molar-refractivity contribution in [3.05, 3.63) is 28.4 Å². The number of nitriles is 1. The number of anilines is 1. The molecule has 0 radical (unpaired) electrons. The first-order valence-electron chi connectivity index (χ1n) is 8.17. The fourth-order valence-electron chi connectivity index (χ4n) is 2.17. The molecule has 0 aliphatic rings. The fraction of sp³-hybridized carbons (Fsp3) is 0.444. The minimum atomic E-state index is -0.979. The summed E-state index contributed by atoms with van der Waals surface area (Å²) in [5.41, 5.74) is -1.25. The van der Waals surface area contributed by atoms with Crippen LogP contribution >= 0.6 is 15.9 Å². The van der Waals surface area contributed by atoms with Gasteiger partial charge in [0, 0.05) is 10.7 Å². The Labute approximate surface area is 165 Å². The molecule has 27 heavy (non-hydrogen) atoms. The molecule has 0 bridgehead atoms. The van der Waals surface area contributed by atoms with E-state index in [0.29, 0.717) is 14.9 Å². The normalized spacial score (nSPS) is 11.8. The zero-order chi connectivity index (χ0) is 20.6. The van der Waals surface area contributed by atoms with Gasteiger partial charge in [-0.2, -0.15) is 10.2 Å².